The van der Waals surface area contributed by atoms with Crippen LogP contribution in [0, 0.1) is 0 Å². The lowest BCUT2D eigenvalue weighted by Crippen LogP contribution is -1.89. The van der Waals surface area contributed by atoms with Crippen LogP contribution in [0.1, 0.15) is 5.56 Å². The average molecular weight is 136 g/mol. The summed E-state index contributed by atoms with van der Waals surface area (Å²) in [6.45, 7) is 0.742. The fourth-order valence-corrected chi connectivity index (χ4v) is 1.08. The van der Waals surface area contributed by atoms with E-state index in [-0.39, 0.29) is 0 Å². The molecule has 0 fully saturated rings. The molecule has 52 valence electrons. The molecule has 10 heavy (non-hydrogen) atoms. The van der Waals surface area contributed by atoms with E-state index < -0.39 is 0 Å². The predicted molar refractivity (Wildman–Crippen MR) is 37.8 cm³/mol. The highest BCUT2D eigenvalue weighted by atomic mass is 16.5. The second kappa shape index (κ2) is 1.87. The zero-order chi connectivity index (χ0) is 6.97. The number of aromatic nitrogens is 1. The van der Waals surface area contributed by atoms with E-state index in [1.54, 1.807) is 6.20 Å². The molecule has 0 amide bonds. The van der Waals surface area contributed by atoms with E-state index in [1.165, 1.54) is 0 Å². The zero-order valence-electron chi connectivity index (χ0n) is 5.50. The summed E-state index contributed by atoms with van der Waals surface area (Å²) in [6.07, 6.45) is 2.55. The van der Waals surface area contributed by atoms with E-state index >= 15 is 0 Å². The van der Waals surface area contributed by atoms with Crippen molar-refractivity contribution in [3.8, 4) is 5.88 Å². The number of fused-ring (bicyclic) bond motifs is 1. The number of pyridine rings is 1. The van der Waals surface area contributed by atoms with Crippen LogP contribution < -0.4 is 10.5 Å². The molecule has 2 N–H and O–H groups in total. The Balaban J connectivity index is 2.52. The molecule has 1 aliphatic heterocycles. The molecule has 0 spiro atoms. The smallest absolute Gasteiger partial charge is 0.216 e. The van der Waals surface area contributed by atoms with E-state index in [2.05, 4.69) is 4.98 Å². The third-order valence-electron chi connectivity index (χ3n) is 1.56. The van der Waals surface area contributed by atoms with Gasteiger partial charge in [-0.3, -0.25) is 0 Å². The molecule has 1 aliphatic rings. The lowest BCUT2D eigenvalue weighted by molar-refractivity contribution is 0.345. The molecule has 1 aromatic heterocycles. The van der Waals surface area contributed by atoms with Crippen LogP contribution in [0.3, 0.4) is 0 Å². The molecular weight excluding hydrogens is 128 g/mol. The first-order valence-corrected chi connectivity index (χ1v) is 3.23. The van der Waals surface area contributed by atoms with Crippen molar-refractivity contribution in [1.82, 2.24) is 4.98 Å². The highest BCUT2D eigenvalue weighted by Gasteiger charge is 2.12. The molecule has 0 atom stereocenters. The number of nitrogen functional groups attached to an aromatic ring is 1. The van der Waals surface area contributed by atoms with E-state index in [0.29, 0.717) is 5.69 Å². The van der Waals surface area contributed by atoms with Gasteiger partial charge in [-0.25, -0.2) is 4.98 Å². The Morgan fingerprint density at radius 1 is 1.60 bits per heavy atom. The third kappa shape index (κ3) is 0.708. The second-order valence-corrected chi connectivity index (χ2v) is 2.33. The van der Waals surface area contributed by atoms with Gasteiger partial charge in [-0.2, -0.15) is 0 Å². The normalized spacial score (nSPS) is 14.4. The van der Waals surface area contributed by atoms with Crippen LogP contribution in [-0.2, 0) is 6.42 Å². The van der Waals surface area contributed by atoms with Crippen molar-refractivity contribution in [2.75, 3.05) is 12.3 Å². The fraction of sp³-hybridized carbons (Fsp3) is 0.286. The van der Waals surface area contributed by atoms with Crippen LogP contribution in [0.15, 0.2) is 12.3 Å². The second-order valence-electron chi connectivity index (χ2n) is 2.33. The first kappa shape index (κ1) is 5.53. The minimum Gasteiger partial charge on any atom is -0.477 e. The summed E-state index contributed by atoms with van der Waals surface area (Å²) in [4.78, 5) is 4.01. The molecule has 1 aromatic rings. The van der Waals surface area contributed by atoms with Crippen molar-refractivity contribution in [1.29, 1.82) is 0 Å². The molecule has 0 saturated carbocycles. The van der Waals surface area contributed by atoms with Gasteiger partial charge in [0.2, 0.25) is 5.88 Å². The van der Waals surface area contributed by atoms with Crippen LogP contribution in [0.5, 0.6) is 5.88 Å². The first-order valence-electron chi connectivity index (χ1n) is 3.23. The molecule has 0 radical (unpaired) electrons. The SMILES string of the molecule is Nc1cnc2c(c1)CCO2. The third-order valence-corrected chi connectivity index (χ3v) is 1.56. The number of anilines is 1. The van der Waals surface area contributed by atoms with Gasteiger partial charge in [-0.1, -0.05) is 0 Å². The largest absolute Gasteiger partial charge is 0.477 e. The number of nitrogens with two attached hydrogens (primary N) is 1. The number of hydrogen-bond acceptors (Lipinski definition) is 3. The quantitative estimate of drug-likeness (QED) is 0.568. The maximum absolute atomic E-state index is 5.51. The lowest BCUT2D eigenvalue weighted by atomic mass is 10.2. The highest BCUT2D eigenvalue weighted by molar-refractivity contribution is 5.43. The molecule has 2 rings (SSSR count). The number of hydrogen-bond donors (Lipinski definition) is 1. The van der Waals surface area contributed by atoms with Gasteiger partial charge in [0.1, 0.15) is 0 Å². The summed E-state index contributed by atoms with van der Waals surface area (Å²) < 4.78 is 5.19. The van der Waals surface area contributed by atoms with Crippen molar-refractivity contribution < 1.29 is 4.74 Å². The Kier molecular flexibility index (Phi) is 1.03. The molecule has 0 aromatic carbocycles. The standard InChI is InChI=1S/C7H8N2O/c8-6-3-5-1-2-10-7(5)9-4-6/h3-4H,1-2,8H2. The average Bonchev–Trinajstić information content (AvgIpc) is 2.33. The van der Waals surface area contributed by atoms with Gasteiger partial charge in [0.15, 0.2) is 0 Å². The molecule has 0 aliphatic carbocycles. The van der Waals surface area contributed by atoms with Crippen LogP contribution in [0.25, 0.3) is 0 Å². The Labute approximate surface area is 58.8 Å². The van der Waals surface area contributed by atoms with Crippen molar-refractivity contribution in [3.63, 3.8) is 0 Å². The molecule has 0 saturated heterocycles. The molecular formula is C7H8N2O. The Hall–Kier alpha value is -1.25. The molecule has 3 nitrogen and oxygen atoms in total. The molecule has 2 heterocycles. The fourth-order valence-electron chi connectivity index (χ4n) is 1.08. The van der Waals surface area contributed by atoms with E-state index in [4.69, 9.17) is 10.5 Å². The van der Waals surface area contributed by atoms with Gasteiger partial charge in [0.25, 0.3) is 0 Å². The zero-order valence-corrected chi connectivity index (χ0v) is 5.50. The molecule has 0 bridgehead atoms. The predicted octanol–water partition coefficient (Wildman–Crippen LogP) is 0.599. The maximum atomic E-state index is 5.51. The van der Waals surface area contributed by atoms with Gasteiger partial charge in [-0.15, -0.1) is 0 Å². The van der Waals surface area contributed by atoms with E-state index in [1.807, 2.05) is 6.07 Å². The van der Waals surface area contributed by atoms with Gasteiger partial charge >= 0.3 is 0 Å². The van der Waals surface area contributed by atoms with Gasteiger partial charge in [-0.05, 0) is 6.07 Å². The molecule has 0 unspecified atom stereocenters. The van der Waals surface area contributed by atoms with Crippen LogP contribution in [0.2, 0.25) is 0 Å². The minimum atomic E-state index is 0.712. The van der Waals surface area contributed by atoms with Crippen molar-refractivity contribution in [3.05, 3.63) is 17.8 Å². The first-order chi connectivity index (χ1) is 4.86. The Morgan fingerprint density at radius 3 is 3.40 bits per heavy atom. The number of ether oxygens (including phenoxy) is 1. The summed E-state index contributed by atoms with van der Waals surface area (Å²) in [6, 6.07) is 1.91. The van der Waals surface area contributed by atoms with Crippen molar-refractivity contribution >= 4 is 5.69 Å². The minimum absolute atomic E-state index is 0.712. The van der Waals surface area contributed by atoms with E-state index in [9.17, 15) is 0 Å². The van der Waals surface area contributed by atoms with Crippen LogP contribution in [-0.4, -0.2) is 11.6 Å². The van der Waals surface area contributed by atoms with E-state index in [0.717, 1.165) is 24.5 Å². The highest BCUT2D eigenvalue weighted by Crippen LogP contribution is 2.23. The summed E-state index contributed by atoms with van der Waals surface area (Å²) in [5, 5.41) is 0. The summed E-state index contributed by atoms with van der Waals surface area (Å²) >= 11 is 0. The van der Waals surface area contributed by atoms with Gasteiger partial charge in [0.05, 0.1) is 18.5 Å². The lowest BCUT2D eigenvalue weighted by Gasteiger charge is -1.96. The Morgan fingerprint density at radius 2 is 2.50 bits per heavy atom. The monoisotopic (exact) mass is 136 g/mol. The summed E-state index contributed by atoms with van der Waals surface area (Å²) in [5.41, 5.74) is 7.35. The number of rotatable bonds is 0. The number of nitrogens with zero attached hydrogens (tertiary/aromatic N) is 1. The van der Waals surface area contributed by atoms with Crippen LogP contribution >= 0.6 is 0 Å². The van der Waals surface area contributed by atoms with Gasteiger partial charge in [0, 0.05) is 12.0 Å². The van der Waals surface area contributed by atoms with Crippen molar-refractivity contribution in [2.24, 2.45) is 0 Å². The molecule has 3 heteroatoms. The van der Waals surface area contributed by atoms with Gasteiger partial charge < -0.3 is 10.5 Å². The van der Waals surface area contributed by atoms with Crippen molar-refractivity contribution in [2.45, 2.75) is 6.42 Å². The summed E-state index contributed by atoms with van der Waals surface area (Å²) in [7, 11) is 0. The summed E-state index contributed by atoms with van der Waals surface area (Å²) in [5.74, 6) is 0.745. The van der Waals surface area contributed by atoms with Crippen LogP contribution in [0.4, 0.5) is 5.69 Å². The topological polar surface area (TPSA) is 48.1 Å². The maximum Gasteiger partial charge on any atom is 0.216 e. The Bertz CT molecular complexity index is 260.